The second-order valence-corrected chi connectivity index (χ2v) is 9.87. The number of anilines is 1. The number of benzene rings is 1. The lowest BCUT2D eigenvalue weighted by molar-refractivity contribution is -0.162. The van der Waals surface area contributed by atoms with Crippen molar-refractivity contribution in [1.82, 2.24) is 10.2 Å². The number of fused-ring (bicyclic) bond motifs is 1. The van der Waals surface area contributed by atoms with Crippen LogP contribution in [0.2, 0.25) is 0 Å². The van der Waals surface area contributed by atoms with Gasteiger partial charge in [-0.25, -0.2) is 8.42 Å². The number of amides is 1. The highest BCUT2D eigenvalue weighted by atomic mass is 32.2. The van der Waals surface area contributed by atoms with Crippen LogP contribution in [-0.2, 0) is 24.2 Å². The summed E-state index contributed by atoms with van der Waals surface area (Å²) in [5.74, 6) is -0.627. The van der Waals surface area contributed by atoms with Crippen LogP contribution in [0, 0.1) is 0 Å². The number of ether oxygens (including phenoxy) is 1. The van der Waals surface area contributed by atoms with E-state index in [1.165, 1.54) is 11.0 Å². The first-order chi connectivity index (χ1) is 12.5. The molecule has 1 N–H and O–H groups in total. The lowest BCUT2D eigenvalue weighted by atomic mass is 10.1. The lowest BCUT2D eigenvalue weighted by Crippen LogP contribution is -2.60. The Hall–Kier alpha value is -1.97. The summed E-state index contributed by atoms with van der Waals surface area (Å²) in [6, 6.07) is 5.27. The largest absolute Gasteiger partial charge is 0.459 e. The van der Waals surface area contributed by atoms with E-state index in [0.29, 0.717) is 18.8 Å². The zero-order valence-electron chi connectivity index (χ0n) is 15.9. The Kier molecular flexibility index (Phi) is 5.04. The molecular weight excluding hydrogens is 370 g/mol. The number of hydrogen-bond donors (Lipinski definition) is 1. The Morgan fingerprint density at radius 2 is 1.89 bits per heavy atom. The summed E-state index contributed by atoms with van der Waals surface area (Å²) in [5, 5.41) is 3.11. The van der Waals surface area contributed by atoms with Crippen LogP contribution in [0.3, 0.4) is 0 Å². The molecule has 2 aliphatic rings. The van der Waals surface area contributed by atoms with Crippen LogP contribution < -0.4 is 10.2 Å². The highest BCUT2D eigenvalue weighted by Gasteiger charge is 2.48. The molecule has 2 saturated heterocycles. The van der Waals surface area contributed by atoms with Crippen LogP contribution >= 0.6 is 0 Å². The third-order valence-electron chi connectivity index (χ3n) is 4.57. The Balaban J connectivity index is 1.92. The summed E-state index contributed by atoms with van der Waals surface area (Å²) < 4.78 is 29.7. The minimum absolute atomic E-state index is 0.0972. The van der Waals surface area contributed by atoms with Gasteiger partial charge >= 0.3 is 5.97 Å². The van der Waals surface area contributed by atoms with Crippen molar-refractivity contribution in [3.63, 3.8) is 0 Å². The van der Waals surface area contributed by atoms with E-state index >= 15 is 0 Å². The maximum Gasteiger partial charge on any atom is 0.325 e. The first-order valence-corrected chi connectivity index (χ1v) is 10.7. The van der Waals surface area contributed by atoms with Gasteiger partial charge in [-0.2, -0.15) is 0 Å². The molecule has 2 heterocycles. The van der Waals surface area contributed by atoms with Crippen LogP contribution in [-0.4, -0.2) is 68.9 Å². The highest BCUT2D eigenvalue weighted by molar-refractivity contribution is 7.90. The van der Waals surface area contributed by atoms with Gasteiger partial charge in [0.15, 0.2) is 9.84 Å². The predicted molar refractivity (Wildman–Crippen MR) is 100 cm³/mol. The maximum atomic E-state index is 13.0. The number of rotatable bonds is 3. The van der Waals surface area contributed by atoms with Gasteiger partial charge < -0.3 is 10.1 Å². The SMILES string of the molecule is CC(C)(C)OC(=O)C1CNCC2C(=O)N(c3ccccc3S(C)(=O)=O)CN12. The van der Waals surface area contributed by atoms with Gasteiger partial charge in [-0.15, -0.1) is 0 Å². The van der Waals surface area contributed by atoms with Crippen molar-refractivity contribution in [1.29, 1.82) is 0 Å². The zero-order chi connectivity index (χ0) is 20.0. The van der Waals surface area contributed by atoms with E-state index in [0.717, 1.165) is 6.26 Å². The molecule has 9 heteroatoms. The van der Waals surface area contributed by atoms with Crippen molar-refractivity contribution in [3.8, 4) is 0 Å². The van der Waals surface area contributed by atoms with Crippen molar-refractivity contribution in [2.45, 2.75) is 43.4 Å². The number of esters is 1. The fraction of sp³-hybridized carbons (Fsp3) is 0.556. The molecule has 148 valence electrons. The van der Waals surface area contributed by atoms with Gasteiger partial charge in [-0.1, -0.05) is 12.1 Å². The second-order valence-electron chi connectivity index (χ2n) is 7.89. The molecule has 2 fully saturated rings. The molecule has 8 nitrogen and oxygen atoms in total. The molecule has 2 aliphatic heterocycles. The Labute approximate surface area is 159 Å². The van der Waals surface area contributed by atoms with Gasteiger partial charge in [0.1, 0.15) is 17.7 Å². The average Bonchev–Trinajstić information content (AvgIpc) is 2.89. The Morgan fingerprint density at radius 1 is 1.22 bits per heavy atom. The molecule has 0 aromatic heterocycles. The highest BCUT2D eigenvalue weighted by Crippen LogP contribution is 2.31. The van der Waals surface area contributed by atoms with E-state index in [1.807, 2.05) is 0 Å². The van der Waals surface area contributed by atoms with Crippen LogP contribution in [0.5, 0.6) is 0 Å². The fourth-order valence-corrected chi connectivity index (χ4v) is 4.31. The molecule has 27 heavy (non-hydrogen) atoms. The van der Waals surface area contributed by atoms with Crippen molar-refractivity contribution in [2.75, 3.05) is 30.9 Å². The monoisotopic (exact) mass is 395 g/mol. The summed E-state index contributed by atoms with van der Waals surface area (Å²) in [6.45, 7) is 6.30. The summed E-state index contributed by atoms with van der Waals surface area (Å²) in [7, 11) is -3.50. The summed E-state index contributed by atoms with van der Waals surface area (Å²) in [5.41, 5.74) is -0.293. The number of sulfone groups is 1. The molecule has 1 amide bonds. The van der Waals surface area contributed by atoms with Crippen LogP contribution in [0.15, 0.2) is 29.2 Å². The van der Waals surface area contributed by atoms with E-state index in [4.69, 9.17) is 4.74 Å². The van der Waals surface area contributed by atoms with Gasteiger partial charge in [0.2, 0.25) is 5.91 Å². The van der Waals surface area contributed by atoms with Gasteiger partial charge in [0.25, 0.3) is 0 Å². The molecular formula is C18H25N3O5S. The van der Waals surface area contributed by atoms with Gasteiger partial charge in [-0.3, -0.25) is 19.4 Å². The van der Waals surface area contributed by atoms with Crippen molar-refractivity contribution < 1.29 is 22.7 Å². The quantitative estimate of drug-likeness (QED) is 0.739. The topological polar surface area (TPSA) is 96.0 Å². The number of nitrogens with zero attached hydrogens (tertiary/aromatic N) is 2. The maximum absolute atomic E-state index is 13.0. The number of piperazine rings is 1. The summed E-state index contributed by atoms with van der Waals surface area (Å²) in [4.78, 5) is 28.9. The third-order valence-corrected chi connectivity index (χ3v) is 5.71. The number of carbonyl (C=O) groups is 2. The van der Waals surface area contributed by atoms with Crippen molar-refractivity contribution in [2.24, 2.45) is 0 Å². The zero-order valence-corrected chi connectivity index (χ0v) is 16.7. The number of carbonyl (C=O) groups excluding carboxylic acids is 2. The van der Waals surface area contributed by atoms with E-state index in [1.54, 1.807) is 43.9 Å². The molecule has 0 bridgehead atoms. The average molecular weight is 395 g/mol. The summed E-state index contributed by atoms with van der Waals surface area (Å²) >= 11 is 0. The van der Waals surface area contributed by atoms with Crippen molar-refractivity contribution >= 4 is 27.4 Å². The molecule has 0 spiro atoms. The molecule has 1 aromatic carbocycles. The Morgan fingerprint density at radius 3 is 2.52 bits per heavy atom. The first kappa shape index (κ1) is 19.8. The molecule has 0 radical (unpaired) electrons. The molecule has 2 unspecified atom stereocenters. The predicted octanol–water partition coefficient (Wildman–Crippen LogP) is 0.378. The van der Waals surface area contributed by atoms with Crippen LogP contribution in [0.4, 0.5) is 5.69 Å². The van der Waals surface area contributed by atoms with Crippen LogP contribution in [0.25, 0.3) is 0 Å². The molecule has 1 aromatic rings. The summed E-state index contributed by atoms with van der Waals surface area (Å²) in [6.07, 6.45) is 1.12. The third kappa shape index (κ3) is 3.99. The van der Waals surface area contributed by atoms with E-state index < -0.39 is 33.5 Å². The Bertz CT molecular complexity index is 862. The van der Waals surface area contributed by atoms with Crippen molar-refractivity contribution in [3.05, 3.63) is 24.3 Å². The van der Waals surface area contributed by atoms with Gasteiger partial charge in [0, 0.05) is 19.3 Å². The fourth-order valence-electron chi connectivity index (χ4n) is 3.42. The number of hydrogen-bond acceptors (Lipinski definition) is 7. The molecule has 0 saturated carbocycles. The van der Waals surface area contributed by atoms with E-state index in [9.17, 15) is 18.0 Å². The second kappa shape index (κ2) is 6.88. The number of nitrogens with one attached hydrogen (secondary N) is 1. The van der Waals surface area contributed by atoms with Gasteiger partial charge in [0.05, 0.1) is 17.3 Å². The smallest absolute Gasteiger partial charge is 0.325 e. The van der Waals surface area contributed by atoms with E-state index in [-0.39, 0.29) is 17.5 Å². The standard InChI is InChI=1S/C18H25N3O5S/c1-18(2,3)26-17(23)14-10-19-9-13-16(22)21(11-20(13)14)12-7-5-6-8-15(12)27(4,24)25/h5-8,13-14,19H,9-11H2,1-4H3. The normalized spacial score (nSPS) is 24.0. The molecule has 0 aliphatic carbocycles. The minimum atomic E-state index is -3.50. The molecule has 3 rings (SSSR count). The molecule has 2 atom stereocenters. The first-order valence-electron chi connectivity index (χ1n) is 8.79. The lowest BCUT2D eigenvalue weighted by Gasteiger charge is -2.35. The number of para-hydroxylation sites is 1. The minimum Gasteiger partial charge on any atom is -0.459 e. The van der Waals surface area contributed by atoms with E-state index in [2.05, 4.69) is 5.32 Å². The van der Waals surface area contributed by atoms with Gasteiger partial charge in [-0.05, 0) is 32.9 Å². The van der Waals surface area contributed by atoms with Crippen LogP contribution in [0.1, 0.15) is 20.8 Å².